The van der Waals surface area contributed by atoms with Crippen LogP contribution in [0.3, 0.4) is 0 Å². The molecule has 1 aliphatic rings. The zero-order valence-electron chi connectivity index (χ0n) is 10.3. The molecule has 19 heavy (non-hydrogen) atoms. The summed E-state index contributed by atoms with van der Waals surface area (Å²) in [6, 6.07) is 7.88. The molecule has 0 bridgehead atoms. The van der Waals surface area contributed by atoms with Crippen LogP contribution in [0.1, 0.15) is 34.9 Å². The summed E-state index contributed by atoms with van der Waals surface area (Å²) in [5.41, 5.74) is 3.34. The molecule has 1 aromatic carbocycles. The summed E-state index contributed by atoms with van der Waals surface area (Å²) >= 11 is 7.48. The Labute approximate surface area is 120 Å². The molecule has 0 aliphatic carbocycles. The Balaban J connectivity index is 1.88. The second-order valence-corrected chi connectivity index (χ2v) is 5.74. The van der Waals surface area contributed by atoms with Crippen LogP contribution in [-0.4, -0.2) is 22.3 Å². The number of carbonyl (C=O) groups excluding carboxylic acids is 1. The molecule has 1 aromatic heterocycles. The summed E-state index contributed by atoms with van der Waals surface area (Å²) in [4.78, 5) is 18.4. The molecule has 5 heteroatoms. The minimum atomic E-state index is 0.0173. The fraction of sp³-hybridized carbons (Fsp3) is 0.286. The van der Waals surface area contributed by atoms with E-state index in [0.717, 1.165) is 24.9 Å². The number of aromatic nitrogens is 1. The lowest BCUT2D eigenvalue weighted by atomic mass is 10.0. The number of likely N-dealkylation sites (tertiary alicyclic amines) is 1. The molecule has 3 nitrogen and oxygen atoms in total. The number of halogens is 1. The zero-order valence-corrected chi connectivity index (χ0v) is 11.8. The maximum atomic E-state index is 12.4. The van der Waals surface area contributed by atoms with E-state index in [2.05, 4.69) is 4.98 Å². The van der Waals surface area contributed by atoms with Gasteiger partial charge in [-0.25, -0.2) is 4.98 Å². The molecule has 0 N–H and O–H groups in total. The number of hydrogen-bond donors (Lipinski definition) is 0. The normalized spacial score (nSPS) is 18.8. The highest BCUT2D eigenvalue weighted by atomic mass is 35.5. The Hall–Kier alpha value is -1.39. The molecule has 1 fully saturated rings. The first-order valence-electron chi connectivity index (χ1n) is 6.20. The van der Waals surface area contributed by atoms with Crippen molar-refractivity contribution in [1.82, 2.24) is 9.88 Å². The summed E-state index contributed by atoms with van der Waals surface area (Å²) in [6.45, 7) is 0.785. The van der Waals surface area contributed by atoms with Gasteiger partial charge in [-0.1, -0.05) is 23.7 Å². The minimum Gasteiger partial charge on any atom is -0.330 e. The Morgan fingerprint density at radius 2 is 2.37 bits per heavy atom. The molecule has 1 atom stereocenters. The Morgan fingerprint density at radius 3 is 3.11 bits per heavy atom. The monoisotopic (exact) mass is 292 g/mol. The number of carbonyl (C=O) groups is 1. The van der Waals surface area contributed by atoms with Crippen LogP contribution in [0.15, 0.2) is 35.2 Å². The molecule has 98 valence electrons. The quantitative estimate of drug-likeness (QED) is 0.844. The number of thiazole rings is 1. The van der Waals surface area contributed by atoms with Crippen LogP contribution in [0.4, 0.5) is 0 Å². The second-order valence-electron chi connectivity index (χ2n) is 4.59. The second kappa shape index (κ2) is 5.31. The summed E-state index contributed by atoms with van der Waals surface area (Å²) in [5.74, 6) is 0.0173. The molecule has 3 rings (SSSR count). The number of hydrogen-bond acceptors (Lipinski definition) is 3. The van der Waals surface area contributed by atoms with E-state index >= 15 is 0 Å². The van der Waals surface area contributed by atoms with Gasteiger partial charge in [-0.15, -0.1) is 11.3 Å². The van der Waals surface area contributed by atoms with Crippen LogP contribution >= 0.6 is 22.9 Å². The average molecular weight is 293 g/mol. The van der Waals surface area contributed by atoms with E-state index < -0.39 is 0 Å². The minimum absolute atomic E-state index is 0.0173. The van der Waals surface area contributed by atoms with Gasteiger partial charge in [0, 0.05) is 16.9 Å². The van der Waals surface area contributed by atoms with Crippen molar-refractivity contribution in [2.24, 2.45) is 0 Å². The lowest BCUT2D eigenvalue weighted by Crippen LogP contribution is -2.30. The van der Waals surface area contributed by atoms with Crippen molar-refractivity contribution in [3.8, 4) is 0 Å². The first-order chi connectivity index (χ1) is 9.25. The number of nitrogens with zero attached hydrogens (tertiary/aromatic N) is 2. The maximum Gasteiger partial charge on any atom is 0.273 e. The molecule has 0 radical (unpaired) electrons. The molecule has 2 heterocycles. The van der Waals surface area contributed by atoms with Gasteiger partial charge in [-0.2, -0.15) is 0 Å². The summed E-state index contributed by atoms with van der Waals surface area (Å²) in [6.07, 6.45) is 2.00. The van der Waals surface area contributed by atoms with Gasteiger partial charge in [0.2, 0.25) is 0 Å². The third-order valence-electron chi connectivity index (χ3n) is 3.40. The van der Waals surface area contributed by atoms with E-state index in [0.29, 0.717) is 10.7 Å². The van der Waals surface area contributed by atoms with Gasteiger partial charge in [0.05, 0.1) is 11.6 Å². The van der Waals surface area contributed by atoms with Gasteiger partial charge in [0.15, 0.2) is 0 Å². The lowest BCUT2D eigenvalue weighted by Gasteiger charge is -2.24. The van der Waals surface area contributed by atoms with Crippen LogP contribution in [0.5, 0.6) is 0 Å². The summed E-state index contributed by atoms with van der Waals surface area (Å²) < 4.78 is 0. The fourth-order valence-electron chi connectivity index (χ4n) is 2.54. The van der Waals surface area contributed by atoms with Crippen molar-refractivity contribution >= 4 is 28.8 Å². The first kappa shape index (κ1) is 12.6. The van der Waals surface area contributed by atoms with E-state index in [1.165, 1.54) is 11.3 Å². The molecule has 0 spiro atoms. The predicted molar refractivity (Wildman–Crippen MR) is 76.6 cm³/mol. The van der Waals surface area contributed by atoms with Gasteiger partial charge >= 0.3 is 0 Å². The SMILES string of the molecule is O=C(c1cscn1)N1CCCC1c1cccc(Cl)c1. The van der Waals surface area contributed by atoms with Crippen molar-refractivity contribution in [3.05, 3.63) is 51.4 Å². The molecule has 0 saturated carbocycles. The third-order valence-corrected chi connectivity index (χ3v) is 4.22. The number of amides is 1. The van der Waals surface area contributed by atoms with Crippen molar-refractivity contribution < 1.29 is 4.79 Å². The smallest absolute Gasteiger partial charge is 0.273 e. The molecule has 1 saturated heterocycles. The predicted octanol–water partition coefficient (Wildman–Crippen LogP) is 3.77. The van der Waals surface area contributed by atoms with Crippen LogP contribution in [0.2, 0.25) is 5.02 Å². The van der Waals surface area contributed by atoms with Gasteiger partial charge < -0.3 is 4.90 Å². The van der Waals surface area contributed by atoms with Gasteiger partial charge in [0.1, 0.15) is 5.69 Å². The van der Waals surface area contributed by atoms with Crippen molar-refractivity contribution in [3.63, 3.8) is 0 Å². The van der Waals surface area contributed by atoms with Crippen molar-refractivity contribution in [2.75, 3.05) is 6.54 Å². The largest absolute Gasteiger partial charge is 0.330 e. The van der Waals surface area contributed by atoms with E-state index in [1.807, 2.05) is 29.2 Å². The van der Waals surface area contributed by atoms with Crippen LogP contribution in [0, 0.1) is 0 Å². The van der Waals surface area contributed by atoms with Crippen molar-refractivity contribution in [2.45, 2.75) is 18.9 Å². The Kier molecular flexibility index (Phi) is 3.53. The van der Waals surface area contributed by atoms with Crippen LogP contribution in [-0.2, 0) is 0 Å². The highest BCUT2D eigenvalue weighted by molar-refractivity contribution is 7.07. The standard InChI is InChI=1S/C14H13ClN2OS/c15-11-4-1-3-10(7-11)13-5-2-6-17(13)14(18)12-8-19-9-16-12/h1,3-4,7-9,13H,2,5-6H2. The van der Waals surface area contributed by atoms with Crippen LogP contribution in [0.25, 0.3) is 0 Å². The molecule has 1 aliphatic heterocycles. The topological polar surface area (TPSA) is 33.2 Å². The van der Waals surface area contributed by atoms with Gasteiger partial charge in [0.25, 0.3) is 5.91 Å². The first-order valence-corrected chi connectivity index (χ1v) is 7.52. The third kappa shape index (κ3) is 2.51. The van der Waals surface area contributed by atoms with E-state index in [9.17, 15) is 4.79 Å². The molecule has 1 unspecified atom stereocenters. The molecular weight excluding hydrogens is 280 g/mol. The molecule has 1 amide bonds. The van der Waals surface area contributed by atoms with Crippen LogP contribution < -0.4 is 0 Å². The van der Waals surface area contributed by atoms with E-state index in [1.54, 1.807) is 10.9 Å². The highest BCUT2D eigenvalue weighted by Gasteiger charge is 2.31. The van der Waals surface area contributed by atoms with Gasteiger partial charge in [-0.05, 0) is 30.5 Å². The average Bonchev–Trinajstić information content (AvgIpc) is 3.09. The van der Waals surface area contributed by atoms with E-state index in [-0.39, 0.29) is 11.9 Å². The van der Waals surface area contributed by atoms with Crippen molar-refractivity contribution in [1.29, 1.82) is 0 Å². The molecule has 2 aromatic rings. The lowest BCUT2D eigenvalue weighted by molar-refractivity contribution is 0.0730. The number of rotatable bonds is 2. The van der Waals surface area contributed by atoms with E-state index in [4.69, 9.17) is 11.6 Å². The Morgan fingerprint density at radius 1 is 1.47 bits per heavy atom. The zero-order chi connectivity index (χ0) is 13.2. The maximum absolute atomic E-state index is 12.4. The summed E-state index contributed by atoms with van der Waals surface area (Å²) in [5, 5.41) is 2.51. The number of benzene rings is 1. The molecular formula is C14H13ClN2OS. The fourth-order valence-corrected chi connectivity index (χ4v) is 3.26. The van der Waals surface area contributed by atoms with Gasteiger partial charge in [-0.3, -0.25) is 4.79 Å². The highest BCUT2D eigenvalue weighted by Crippen LogP contribution is 2.33. The Bertz CT molecular complexity index is 585. The summed E-state index contributed by atoms with van der Waals surface area (Å²) in [7, 11) is 0.